The molecule has 1 aromatic heterocycles. The number of carbonyl (C=O) groups is 2. The average Bonchev–Trinajstić information content (AvgIpc) is 3.05. The van der Waals surface area contributed by atoms with Crippen LogP contribution >= 0.6 is 0 Å². The molecule has 4 saturated carbocycles. The molecule has 5 fully saturated rings. The van der Waals surface area contributed by atoms with E-state index in [9.17, 15) is 27.9 Å². The van der Waals surface area contributed by atoms with E-state index in [1.165, 1.54) is 63.1 Å². The molecule has 1 saturated heterocycles. The van der Waals surface area contributed by atoms with Crippen LogP contribution in [0.4, 0.5) is 18.9 Å². The van der Waals surface area contributed by atoms with Crippen LogP contribution in [0.1, 0.15) is 75.9 Å². The number of nitrogens with one attached hydrogen (secondary N) is 1. The molecule has 47 heavy (non-hydrogen) atoms. The maximum absolute atomic E-state index is 13.7. The summed E-state index contributed by atoms with van der Waals surface area (Å²) >= 11 is 0. The predicted molar refractivity (Wildman–Crippen MR) is 171 cm³/mol. The Hall–Kier alpha value is -4.52. The highest BCUT2D eigenvalue weighted by Gasteiger charge is 2.50. The molecule has 2 heterocycles. The number of anilines is 1. The van der Waals surface area contributed by atoms with Gasteiger partial charge in [0.05, 0.1) is 11.8 Å². The van der Waals surface area contributed by atoms with Crippen LogP contribution in [-0.4, -0.2) is 59.5 Å². The SMILES string of the molecule is O=C(NCC12CC3CC(CC(C3)C1)C2)c1ccc(N2CCN(C(=O)c3cc(C#Cc4cncc(O)c4)cc(C(F)(F)F)c3)CC2)cc1. The molecule has 0 unspecified atom stereocenters. The van der Waals surface area contributed by atoms with Crippen LogP contribution < -0.4 is 10.2 Å². The van der Waals surface area contributed by atoms with E-state index >= 15 is 0 Å². The molecule has 2 amide bonds. The second kappa shape index (κ2) is 12.3. The number of aromatic hydroxyl groups is 1. The number of piperazine rings is 1. The van der Waals surface area contributed by atoms with Crippen LogP contribution in [0, 0.1) is 35.0 Å². The highest BCUT2D eigenvalue weighted by Crippen LogP contribution is 2.59. The van der Waals surface area contributed by atoms with Crippen molar-refractivity contribution in [2.45, 2.75) is 44.7 Å². The smallest absolute Gasteiger partial charge is 0.416 e. The van der Waals surface area contributed by atoms with Crippen LogP contribution in [0.25, 0.3) is 0 Å². The molecule has 4 bridgehead atoms. The Labute approximate surface area is 272 Å². The minimum atomic E-state index is -4.66. The molecule has 8 rings (SSSR count). The molecule has 2 aromatic carbocycles. The van der Waals surface area contributed by atoms with Crippen LogP contribution in [0.5, 0.6) is 5.75 Å². The first-order chi connectivity index (χ1) is 22.5. The van der Waals surface area contributed by atoms with Gasteiger partial charge in [-0.2, -0.15) is 13.2 Å². The number of nitrogens with zero attached hydrogens (tertiary/aromatic N) is 3. The van der Waals surface area contributed by atoms with E-state index in [-0.39, 0.29) is 28.2 Å². The first-order valence-corrected chi connectivity index (χ1v) is 16.3. The quantitative estimate of drug-likeness (QED) is 0.328. The van der Waals surface area contributed by atoms with Crippen molar-refractivity contribution in [3.63, 3.8) is 0 Å². The van der Waals surface area contributed by atoms with Gasteiger partial charge < -0.3 is 20.2 Å². The molecule has 0 atom stereocenters. The lowest BCUT2D eigenvalue weighted by molar-refractivity contribution is -0.137. The lowest BCUT2D eigenvalue weighted by Gasteiger charge is -2.56. The lowest BCUT2D eigenvalue weighted by Crippen LogP contribution is -2.51. The van der Waals surface area contributed by atoms with E-state index in [0.29, 0.717) is 37.3 Å². The summed E-state index contributed by atoms with van der Waals surface area (Å²) in [6, 6.07) is 12.0. The minimum Gasteiger partial charge on any atom is -0.506 e. The van der Waals surface area contributed by atoms with Crippen molar-refractivity contribution < 1.29 is 27.9 Å². The van der Waals surface area contributed by atoms with Crippen molar-refractivity contribution in [3.8, 4) is 17.6 Å². The fraction of sp³-hybridized carbons (Fsp3) is 0.432. The summed E-state index contributed by atoms with van der Waals surface area (Å²) in [4.78, 5) is 33.9. The van der Waals surface area contributed by atoms with Crippen LogP contribution in [0.2, 0.25) is 0 Å². The van der Waals surface area contributed by atoms with E-state index in [0.717, 1.165) is 42.1 Å². The van der Waals surface area contributed by atoms with Gasteiger partial charge in [0.15, 0.2) is 0 Å². The van der Waals surface area contributed by atoms with Gasteiger partial charge in [-0.15, -0.1) is 0 Å². The molecule has 2 N–H and O–H groups in total. The number of halogens is 3. The van der Waals surface area contributed by atoms with Crippen molar-refractivity contribution in [1.29, 1.82) is 0 Å². The number of amides is 2. The number of hydrogen-bond acceptors (Lipinski definition) is 5. The molecule has 5 aliphatic rings. The van der Waals surface area contributed by atoms with Crippen molar-refractivity contribution >= 4 is 17.5 Å². The third kappa shape index (κ3) is 6.80. The van der Waals surface area contributed by atoms with Crippen LogP contribution in [0.15, 0.2) is 60.9 Å². The largest absolute Gasteiger partial charge is 0.506 e. The highest BCUT2D eigenvalue weighted by atomic mass is 19.4. The fourth-order valence-electron chi connectivity index (χ4n) is 8.68. The van der Waals surface area contributed by atoms with Gasteiger partial charge in [0.2, 0.25) is 0 Å². The molecule has 10 heteroatoms. The maximum Gasteiger partial charge on any atom is 0.416 e. The third-order valence-corrected chi connectivity index (χ3v) is 10.4. The van der Waals surface area contributed by atoms with Gasteiger partial charge in [-0.05, 0) is 110 Å². The van der Waals surface area contributed by atoms with Crippen LogP contribution in [-0.2, 0) is 6.18 Å². The van der Waals surface area contributed by atoms with Crippen molar-refractivity contribution in [2.75, 3.05) is 37.6 Å². The lowest BCUT2D eigenvalue weighted by atomic mass is 9.49. The molecule has 1 aliphatic heterocycles. The number of aromatic nitrogens is 1. The number of alkyl halides is 3. The molecular weight excluding hydrogens is 605 g/mol. The Morgan fingerprint density at radius 3 is 2.11 bits per heavy atom. The van der Waals surface area contributed by atoms with Gasteiger partial charge >= 0.3 is 6.18 Å². The van der Waals surface area contributed by atoms with Crippen molar-refractivity contribution in [3.05, 3.63) is 88.7 Å². The predicted octanol–water partition coefficient (Wildman–Crippen LogP) is 6.11. The number of rotatable bonds is 5. The summed E-state index contributed by atoms with van der Waals surface area (Å²) < 4.78 is 41.2. The van der Waals surface area contributed by atoms with Gasteiger partial charge in [-0.1, -0.05) is 11.8 Å². The monoisotopic (exact) mass is 642 g/mol. The molecular formula is C37H37F3N4O3. The molecule has 0 spiro atoms. The van der Waals surface area contributed by atoms with Gasteiger partial charge in [0.25, 0.3) is 11.8 Å². The second-order valence-corrected chi connectivity index (χ2v) is 13.9. The van der Waals surface area contributed by atoms with Crippen molar-refractivity contribution in [1.82, 2.24) is 15.2 Å². The van der Waals surface area contributed by atoms with E-state index in [2.05, 4.69) is 27.0 Å². The van der Waals surface area contributed by atoms with Gasteiger partial charge in [-0.25, -0.2) is 0 Å². The van der Waals surface area contributed by atoms with E-state index < -0.39 is 17.6 Å². The minimum absolute atomic E-state index is 0.0345. The second-order valence-electron chi connectivity index (χ2n) is 13.9. The Morgan fingerprint density at radius 1 is 0.851 bits per heavy atom. The summed E-state index contributed by atoms with van der Waals surface area (Å²) in [5.74, 6) is 7.22. The number of hydrogen-bond donors (Lipinski definition) is 2. The Kier molecular flexibility index (Phi) is 8.11. The topological polar surface area (TPSA) is 85.8 Å². The first-order valence-electron chi connectivity index (χ1n) is 16.3. The third-order valence-electron chi connectivity index (χ3n) is 10.4. The van der Waals surface area contributed by atoms with Gasteiger partial charge in [0, 0.05) is 66.9 Å². The summed E-state index contributed by atoms with van der Waals surface area (Å²) in [5.41, 5.74) is 1.14. The molecule has 4 aliphatic carbocycles. The zero-order chi connectivity index (χ0) is 32.8. The van der Waals surface area contributed by atoms with Gasteiger partial charge in [0.1, 0.15) is 5.75 Å². The summed E-state index contributed by atoms with van der Waals surface area (Å²) in [7, 11) is 0. The normalized spacial score (nSPS) is 24.9. The number of pyridine rings is 1. The summed E-state index contributed by atoms with van der Waals surface area (Å²) in [6.07, 6.45) is 5.81. The van der Waals surface area contributed by atoms with E-state index in [1.807, 2.05) is 24.3 Å². The Balaban J connectivity index is 0.967. The summed E-state index contributed by atoms with van der Waals surface area (Å²) in [5, 5.41) is 12.8. The molecule has 3 aromatic rings. The molecule has 244 valence electrons. The van der Waals surface area contributed by atoms with E-state index in [1.54, 1.807) is 4.90 Å². The molecule has 0 radical (unpaired) electrons. The number of benzene rings is 2. The zero-order valence-corrected chi connectivity index (χ0v) is 26.0. The summed E-state index contributed by atoms with van der Waals surface area (Å²) in [6.45, 7) is 2.41. The highest BCUT2D eigenvalue weighted by molar-refractivity contribution is 5.95. The first kappa shape index (κ1) is 31.1. The fourth-order valence-corrected chi connectivity index (χ4v) is 8.68. The maximum atomic E-state index is 13.7. The average molecular weight is 643 g/mol. The molecule has 7 nitrogen and oxygen atoms in total. The zero-order valence-electron chi connectivity index (χ0n) is 26.0. The van der Waals surface area contributed by atoms with Crippen LogP contribution in [0.3, 0.4) is 0 Å². The Morgan fingerprint density at radius 2 is 1.49 bits per heavy atom. The standard InChI is InChI=1S/C37H37F3N4O3/c38-37(39,40)31-15-24(1-2-25-16-33(45)22-41-21-25)14-30(17-31)35(47)44-9-7-43(8-10-44)32-5-3-29(4-6-32)34(46)42-23-36-18-26-11-27(19-36)13-28(12-26)20-36/h3-6,14-17,21-22,26-28,45H,7-13,18-20,23H2,(H,42,46). The Bertz CT molecular complexity index is 1700. The van der Waals surface area contributed by atoms with Gasteiger partial charge in [-0.3, -0.25) is 14.6 Å². The van der Waals surface area contributed by atoms with Crippen molar-refractivity contribution in [2.24, 2.45) is 23.2 Å². The number of carbonyl (C=O) groups excluding carboxylic acids is 2. The van der Waals surface area contributed by atoms with E-state index in [4.69, 9.17) is 0 Å².